The monoisotopic (exact) mass is 218 g/mol. The highest BCUT2D eigenvalue weighted by molar-refractivity contribution is 5.90. The Kier molecular flexibility index (Phi) is 2.64. The predicted molar refractivity (Wildman–Crippen MR) is 57.1 cm³/mol. The van der Waals surface area contributed by atoms with E-state index in [1.807, 2.05) is 0 Å². The molecule has 1 N–H and O–H groups in total. The molecule has 1 aromatic carbocycles. The molecule has 2 aromatic rings. The molecule has 0 bridgehead atoms. The van der Waals surface area contributed by atoms with Gasteiger partial charge in [-0.2, -0.15) is 0 Å². The van der Waals surface area contributed by atoms with Crippen molar-refractivity contribution < 1.29 is 19.1 Å². The van der Waals surface area contributed by atoms with Crippen LogP contribution >= 0.6 is 0 Å². The summed E-state index contributed by atoms with van der Waals surface area (Å²) in [6.07, 6.45) is 1.34. The number of hydrogen-bond donors (Lipinski definition) is 1. The van der Waals surface area contributed by atoms with Crippen molar-refractivity contribution in [1.29, 1.82) is 0 Å². The van der Waals surface area contributed by atoms with Crippen molar-refractivity contribution in [1.82, 2.24) is 0 Å². The van der Waals surface area contributed by atoms with Crippen LogP contribution in [0.15, 0.2) is 41.0 Å². The van der Waals surface area contributed by atoms with Gasteiger partial charge < -0.3 is 14.3 Å². The fourth-order valence-electron chi connectivity index (χ4n) is 1.34. The van der Waals surface area contributed by atoms with E-state index in [0.29, 0.717) is 11.3 Å². The number of methoxy groups -OCH3 is 1. The predicted octanol–water partition coefficient (Wildman–Crippen LogP) is 2.44. The number of rotatable bonds is 2. The minimum atomic E-state index is -0.436. The van der Waals surface area contributed by atoms with Crippen LogP contribution in [0.1, 0.15) is 10.4 Å². The maximum Gasteiger partial charge on any atom is 0.341 e. The van der Waals surface area contributed by atoms with E-state index < -0.39 is 5.97 Å². The number of phenolic OH excluding ortho intramolecular Hbond substituents is 1. The minimum absolute atomic E-state index is 0.184. The Bertz CT molecular complexity index is 496. The molecule has 4 heteroatoms. The maximum atomic E-state index is 11.2. The molecule has 82 valence electrons. The van der Waals surface area contributed by atoms with Crippen LogP contribution in [0.25, 0.3) is 11.3 Å². The van der Waals surface area contributed by atoms with E-state index >= 15 is 0 Å². The molecule has 1 aromatic heterocycles. The van der Waals surface area contributed by atoms with E-state index in [0.717, 1.165) is 5.56 Å². The number of carbonyl (C=O) groups is 1. The second-order valence-corrected chi connectivity index (χ2v) is 3.24. The summed E-state index contributed by atoms with van der Waals surface area (Å²) in [6, 6.07) is 8.11. The van der Waals surface area contributed by atoms with Crippen LogP contribution in [0.2, 0.25) is 0 Å². The van der Waals surface area contributed by atoms with Gasteiger partial charge in [-0.25, -0.2) is 4.79 Å². The summed E-state index contributed by atoms with van der Waals surface area (Å²) in [7, 11) is 1.32. The van der Waals surface area contributed by atoms with Crippen LogP contribution in [0, 0.1) is 0 Å². The third-order valence-electron chi connectivity index (χ3n) is 2.17. The van der Waals surface area contributed by atoms with Gasteiger partial charge in [0.25, 0.3) is 0 Å². The SMILES string of the molecule is COC(=O)c1coc(-c2ccc(O)cc2)c1. The largest absolute Gasteiger partial charge is 0.508 e. The molecule has 0 aliphatic heterocycles. The van der Waals surface area contributed by atoms with Crippen LogP contribution < -0.4 is 0 Å². The summed E-state index contributed by atoms with van der Waals surface area (Å²) in [6.45, 7) is 0. The molecule has 4 nitrogen and oxygen atoms in total. The smallest absolute Gasteiger partial charge is 0.341 e. The van der Waals surface area contributed by atoms with E-state index in [9.17, 15) is 4.79 Å². The van der Waals surface area contributed by atoms with Gasteiger partial charge in [-0.1, -0.05) is 0 Å². The Labute approximate surface area is 92.1 Å². The molecule has 0 saturated carbocycles. The Balaban J connectivity index is 2.31. The molecular formula is C12H10O4. The molecule has 1 heterocycles. The fraction of sp³-hybridized carbons (Fsp3) is 0.0833. The van der Waals surface area contributed by atoms with E-state index in [1.54, 1.807) is 30.3 Å². The molecule has 0 fully saturated rings. The minimum Gasteiger partial charge on any atom is -0.508 e. The highest BCUT2D eigenvalue weighted by Gasteiger charge is 2.11. The number of benzene rings is 1. The number of aromatic hydroxyl groups is 1. The molecule has 16 heavy (non-hydrogen) atoms. The first-order chi connectivity index (χ1) is 7.70. The third kappa shape index (κ3) is 1.91. The van der Waals surface area contributed by atoms with Crippen LogP contribution in [0.4, 0.5) is 0 Å². The van der Waals surface area contributed by atoms with Crippen LogP contribution in [0.5, 0.6) is 5.75 Å². The fourth-order valence-corrected chi connectivity index (χ4v) is 1.34. The Hall–Kier alpha value is -2.23. The highest BCUT2D eigenvalue weighted by atomic mass is 16.5. The second kappa shape index (κ2) is 4.10. The van der Waals surface area contributed by atoms with Crippen molar-refractivity contribution in [2.24, 2.45) is 0 Å². The molecule has 2 rings (SSSR count). The Morgan fingerprint density at radius 2 is 2.00 bits per heavy atom. The van der Waals surface area contributed by atoms with Crippen LogP contribution in [-0.4, -0.2) is 18.2 Å². The first-order valence-electron chi connectivity index (χ1n) is 4.67. The quantitative estimate of drug-likeness (QED) is 0.786. The van der Waals surface area contributed by atoms with Gasteiger partial charge in [0.15, 0.2) is 0 Å². The van der Waals surface area contributed by atoms with Crippen molar-refractivity contribution in [3.63, 3.8) is 0 Å². The molecular weight excluding hydrogens is 208 g/mol. The molecule has 0 aliphatic carbocycles. The lowest BCUT2D eigenvalue weighted by Gasteiger charge is -1.95. The first-order valence-corrected chi connectivity index (χ1v) is 4.67. The van der Waals surface area contributed by atoms with Crippen molar-refractivity contribution in [3.8, 4) is 17.1 Å². The van der Waals surface area contributed by atoms with Gasteiger partial charge in [0.1, 0.15) is 17.8 Å². The lowest BCUT2D eigenvalue weighted by Crippen LogP contribution is -1.98. The van der Waals surface area contributed by atoms with E-state index in [1.165, 1.54) is 13.4 Å². The number of carbonyl (C=O) groups excluding carboxylic acids is 1. The van der Waals surface area contributed by atoms with Gasteiger partial charge in [-0.3, -0.25) is 0 Å². The summed E-state index contributed by atoms with van der Waals surface area (Å²) in [5.41, 5.74) is 1.15. The Morgan fingerprint density at radius 3 is 2.62 bits per heavy atom. The van der Waals surface area contributed by atoms with Gasteiger partial charge in [0.2, 0.25) is 0 Å². The maximum absolute atomic E-state index is 11.2. The number of hydrogen-bond acceptors (Lipinski definition) is 4. The van der Waals surface area contributed by atoms with Gasteiger partial charge in [0, 0.05) is 5.56 Å². The summed E-state index contributed by atoms with van der Waals surface area (Å²) < 4.78 is 9.80. The molecule has 0 spiro atoms. The van der Waals surface area contributed by atoms with E-state index in [4.69, 9.17) is 9.52 Å². The Morgan fingerprint density at radius 1 is 1.31 bits per heavy atom. The van der Waals surface area contributed by atoms with Gasteiger partial charge in [-0.05, 0) is 30.3 Å². The van der Waals surface area contributed by atoms with Crippen molar-refractivity contribution >= 4 is 5.97 Å². The molecule has 0 unspecified atom stereocenters. The second-order valence-electron chi connectivity index (χ2n) is 3.24. The topological polar surface area (TPSA) is 59.7 Å². The number of ether oxygens (including phenoxy) is 1. The molecule has 0 aliphatic rings. The number of furan rings is 1. The zero-order valence-corrected chi connectivity index (χ0v) is 8.64. The zero-order chi connectivity index (χ0) is 11.5. The average molecular weight is 218 g/mol. The number of phenols is 1. The average Bonchev–Trinajstić information content (AvgIpc) is 2.78. The molecule has 0 atom stereocenters. The normalized spacial score (nSPS) is 10.1. The third-order valence-corrected chi connectivity index (χ3v) is 2.17. The highest BCUT2D eigenvalue weighted by Crippen LogP contribution is 2.24. The summed E-state index contributed by atoms with van der Waals surface area (Å²) in [5.74, 6) is 0.303. The van der Waals surface area contributed by atoms with Crippen molar-refractivity contribution in [2.45, 2.75) is 0 Å². The molecule has 0 radical (unpaired) electrons. The van der Waals surface area contributed by atoms with E-state index in [-0.39, 0.29) is 5.75 Å². The first kappa shape index (κ1) is 10.3. The van der Waals surface area contributed by atoms with Crippen molar-refractivity contribution in [3.05, 3.63) is 42.2 Å². The summed E-state index contributed by atoms with van der Waals surface area (Å²) >= 11 is 0. The van der Waals surface area contributed by atoms with Gasteiger partial charge in [-0.15, -0.1) is 0 Å². The summed E-state index contributed by atoms with van der Waals surface area (Å²) in [5, 5.41) is 9.13. The van der Waals surface area contributed by atoms with Crippen LogP contribution in [-0.2, 0) is 4.74 Å². The van der Waals surface area contributed by atoms with Crippen molar-refractivity contribution in [2.75, 3.05) is 7.11 Å². The van der Waals surface area contributed by atoms with Crippen LogP contribution in [0.3, 0.4) is 0 Å². The van der Waals surface area contributed by atoms with Gasteiger partial charge >= 0.3 is 5.97 Å². The number of esters is 1. The molecule has 0 saturated heterocycles. The zero-order valence-electron chi connectivity index (χ0n) is 8.64. The standard InChI is InChI=1S/C12H10O4/c1-15-12(14)9-6-11(16-7-9)8-2-4-10(13)5-3-8/h2-7,13H,1H3. The van der Waals surface area contributed by atoms with E-state index in [2.05, 4.69) is 4.74 Å². The molecule has 0 amide bonds. The summed E-state index contributed by atoms with van der Waals surface area (Å²) in [4.78, 5) is 11.2. The lowest BCUT2D eigenvalue weighted by atomic mass is 10.1. The lowest BCUT2D eigenvalue weighted by molar-refractivity contribution is 0.0600. The van der Waals surface area contributed by atoms with Gasteiger partial charge in [0.05, 0.1) is 12.7 Å².